The van der Waals surface area contributed by atoms with Gasteiger partial charge in [-0.3, -0.25) is 29.3 Å². The highest BCUT2D eigenvalue weighted by molar-refractivity contribution is 6.33. The van der Waals surface area contributed by atoms with E-state index in [1.807, 2.05) is 32.0 Å². The molecule has 0 radical (unpaired) electrons. The van der Waals surface area contributed by atoms with Gasteiger partial charge in [0.25, 0.3) is 17.4 Å². The van der Waals surface area contributed by atoms with Crippen LogP contribution in [0.25, 0.3) is 10.9 Å². The summed E-state index contributed by atoms with van der Waals surface area (Å²) in [6.07, 6.45) is 10.2. The van der Waals surface area contributed by atoms with Gasteiger partial charge in [-0.2, -0.15) is 4.98 Å². The van der Waals surface area contributed by atoms with Crippen LogP contribution in [-0.4, -0.2) is 101 Å². The first kappa shape index (κ1) is 44.9. The third kappa shape index (κ3) is 9.71. The summed E-state index contributed by atoms with van der Waals surface area (Å²) in [5.74, 6) is -0.361. The molecule has 1 aliphatic carbocycles. The van der Waals surface area contributed by atoms with Crippen molar-refractivity contribution >= 4 is 63.6 Å². The summed E-state index contributed by atoms with van der Waals surface area (Å²) in [6.45, 7) is 7.10. The number of pyridine rings is 1. The first-order valence-corrected chi connectivity index (χ1v) is 22.7. The molecule has 0 spiro atoms. The number of hydrogen-bond donors (Lipinski definition) is 4. The third-order valence-electron chi connectivity index (χ3n) is 12.8. The molecule has 1 atom stereocenters. The maximum atomic E-state index is 15.1. The Morgan fingerprint density at radius 1 is 0.984 bits per heavy atom. The van der Waals surface area contributed by atoms with Crippen molar-refractivity contribution in [3.63, 3.8) is 0 Å². The Hall–Kier alpha value is -5.65. The quantitative estimate of drug-likeness (QED) is 0.139. The summed E-state index contributed by atoms with van der Waals surface area (Å²) < 4.78 is 28.5. The molecule has 0 bridgehead atoms. The van der Waals surface area contributed by atoms with Gasteiger partial charge in [0.15, 0.2) is 18.2 Å². The van der Waals surface area contributed by atoms with Crippen LogP contribution >= 0.6 is 11.6 Å². The van der Waals surface area contributed by atoms with E-state index in [0.29, 0.717) is 45.7 Å². The van der Waals surface area contributed by atoms with Gasteiger partial charge < -0.3 is 39.8 Å². The van der Waals surface area contributed by atoms with Crippen LogP contribution in [-0.2, 0) is 25.7 Å². The standard InChI is InChI=1S/C28H35ClN6O4.C18H20FN3O3/c1-17(2)35-23-8-7-19(13-18(23)14-24(27(35)37)38-16-25(36)30-3)32-26-22(29)15-31-28(33-26)34-11-9-21(10-12-34)39-20-5-4-6-20;19-16-11(10-5-7-20-8-6-10)1-2-12-13(16)9-22(18(12)25)14-3-4-15(23)21-17(14)24/h7-8,13-15,17,20-21H,4-6,9-12,16H2,1-3H3,(H,30,36)(H,31,32,33);1-2,10,14,20H,3-9H2,(H,21,23,24). The number of aromatic nitrogens is 3. The van der Waals surface area contributed by atoms with Gasteiger partial charge in [0, 0.05) is 54.8 Å². The van der Waals surface area contributed by atoms with Crippen LogP contribution in [0.5, 0.6) is 5.75 Å². The van der Waals surface area contributed by atoms with Crippen LogP contribution in [0.4, 0.5) is 21.8 Å². The Labute approximate surface area is 375 Å². The van der Waals surface area contributed by atoms with Gasteiger partial charge in [0.05, 0.1) is 30.5 Å². The summed E-state index contributed by atoms with van der Waals surface area (Å²) >= 11 is 6.47. The molecule has 1 saturated carbocycles. The number of nitrogens with one attached hydrogen (secondary N) is 4. The molecule has 3 saturated heterocycles. The van der Waals surface area contributed by atoms with E-state index in [1.54, 1.807) is 29.0 Å². The minimum atomic E-state index is -0.709. The number of benzene rings is 2. The Morgan fingerprint density at radius 2 is 1.73 bits per heavy atom. The number of carbonyl (C=O) groups is 4. The van der Waals surface area contributed by atoms with Crippen LogP contribution in [0.3, 0.4) is 0 Å². The lowest BCUT2D eigenvalue weighted by Crippen LogP contribution is -2.52. The molecule has 4 fully saturated rings. The number of rotatable bonds is 11. The average Bonchev–Trinajstić information content (AvgIpc) is 3.61. The molecule has 64 heavy (non-hydrogen) atoms. The first-order valence-electron chi connectivity index (χ1n) is 22.3. The van der Waals surface area contributed by atoms with Gasteiger partial charge >= 0.3 is 0 Å². The number of amides is 4. The molecule has 2 aromatic heterocycles. The predicted octanol–water partition coefficient (Wildman–Crippen LogP) is 5.49. The van der Waals surface area contributed by atoms with Crippen molar-refractivity contribution in [2.24, 2.45) is 0 Å². The van der Waals surface area contributed by atoms with Gasteiger partial charge in [0.1, 0.15) is 16.9 Å². The van der Waals surface area contributed by atoms with Crippen molar-refractivity contribution in [3.05, 3.63) is 80.5 Å². The number of nitrogens with zero attached hydrogens (tertiary/aromatic N) is 5. The number of hydrogen-bond acceptors (Lipinski definition) is 12. The fourth-order valence-corrected chi connectivity index (χ4v) is 9.14. The molecule has 16 nitrogen and oxygen atoms in total. The Morgan fingerprint density at radius 3 is 2.42 bits per heavy atom. The number of fused-ring (bicyclic) bond motifs is 2. The number of carbonyl (C=O) groups excluding carboxylic acids is 4. The van der Waals surface area contributed by atoms with Gasteiger partial charge in [-0.15, -0.1) is 0 Å². The van der Waals surface area contributed by atoms with Crippen molar-refractivity contribution in [1.29, 1.82) is 0 Å². The van der Waals surface area contributed by atoms with Gasteiger partial charge in [-0.05, 0) is 120 Å². The van der Waals surface area contributed by atoms with Crippen molar-refractivity contribution in [1.82, 2.24) is 35.4 Å². The molecular weight excluding hydrogens is 845 g/mol. The highest BCUT2D eigenvalue weighted by Crippen LogP contribution is 2.36. The van der Waals surface area contributed by atoms with E-state index < -0.39 is 11.9 Å². The monoisotopic (exact) mass is 899 g/mol. The lowest BCUT2D eigenvalue weighted by atomic mass is 9.88. The van der Waals surface area contributed by atoms with Crippen LogP contribution < -0.4 is 36.5 Å². The Bertz CT molecular complexity index is 2480. The highest BCUT2D eigenvalue weighted by atomic mass is 35.5. The molecule has 1 unspecified atom stereocenters. The molecule has 340 valence electrons. The maximum Gasteiger partial charge on any atom is 0.293 e. The van der Waals surface area contributed by atoms with E-state index >= 15 is 4.39 Å². The SMILES string of the molecule is CNC(=O)COc1cc2cc(Nc3nc(N4CCC(OC5CCC5)CC4)ncc3Cl)ccc2n(C(C)C)c1=O.O=C1CCC(N2Cc3c(ccc(C4CCNCC4)c3F)C2=O)C(=O)N1. The Balaban J connectivity index is 0.000000192. The molecule has 2 aromatic carbocycles. The van der Waals surface area contributed by atoms with Crippen molar-refractivity contribution < 1.29 is 33.0 Å². The number of halogens is 2. The second kappa shape index (κ2) is 19.6. The topological polar surface area (TPSA) is 189 Å². The summed E-state index contributed by atoms with van der Waals surface area (Å²) in [7, 11) is 1.52. The molecule has 9 rings (SSSR count). The normalized spacial score (nSPS) is 19.5. The third-order valence-corrected chi connectivity index (χ3v) is 13.0. The minimum absolute atomic E-state index is 0.0884. The number of imide groups is 1. The number of ether oxygens (including phenoxy) is 2. The van der Waals surface area contributed by atoms with Crippen LogP contribution in [0, 0.1) is 5.82 Å². The van der Waals surface area contributed by atoms with Crippen molar-refractivity contribution in [2.45, 2.75) is 108 Å². The average molecular weight is 900 g/mol. The molecule has 4 amide bonds. The lowest BCUT2D eigenvalue weighted by Gasteiger charge is -2.36. The van der Waals surface area contributed by atoms with Crippen LogP contribution in [0.15, 0.2) is 47.4 Å². The smallest absolute Gasteiger partial charge is 0.293 e. The molecule has 18 heteroatoms. The lowest BCUT2D eigenvalue weighted by molar-refractivity contribution is -0.137. The highest BCUT2D eigenvalue weighted by Gasteiger charge is 2.41. The molecule has 5 aliphatic rings. The van der Waals surface area contributed by atoms with Crippen molar-refractivity contribution in [2.75, 3.05) is 50.1 Å². The zero-order valence-corrected chi connectivity index (χ0v) is 37.1. The van der Waals surface area contributed by atoms with E-state index in [4.69, 9.17) is 26.1 Å². The maximum absolute atomic E-state index is 15.1. The van der Waals surface area contributed by atoms with E-state index in [1.165, 1.54) is 31.2 Å². The van der Waals surface area contributed by atoms with Gasteiger partial charge in [-0.1, -0.05) is 17.7 Å². The van der Waals surface area contributed by atoms with E-state index in [9.17, 15) is 24.0 Å². The van der Waals surface area contributed by atoms with Crippen LogP contribution in [0.1, 0.15) is 105 Å². The summed E-state index contributed by atoms with van der Waals surface area (Å²) in [6, 6.07) is 9.91. The Kier molecular flexibility index (Phi) is 13.8. The zero-order chi connectivity index (χ0) is 45.1. The summed E-state index contributed by atoms with van der Waals surface area (Å²) in [4.78, 5) is 73.5. The van der Waals surface area contributed by atoms with E-state index in [-0.39, 0.29) is 72.8 Å². The fraction of sp³-hybridized carbons (Fsp3) is 0.500. The largest absolute Gasteiger partial charge is 0.478 e. The van der Waals surface area contributed by atoms with Crippen molar-refractivity contribution in [3.8, 4) is 5.75 Å². The second-order valence-corrected chi connectivity index (χ2v) is 17.7. The van der Waals surface area contributed by atoms with Gasteiger partial charge in [0.2, 0.25) is 17.8 Å². The van der Waals surface area contributed by atoms with Crippen LogP contribution in [0.2, 0.25) is 5.02 Å². The van der Waals surface area contributed by atoms with Gasteiger partial charge in [-0.25, -0.2) is 9.37 Å². The summed E-state index contributed by atoms with van der Waals surface area (Å²) in [5, 5.41) is 12.5. The zero-order valence-electron chi connectivity index (χ0n) is 36.4. The first-order chi connectivity index (χ1) is 30.9. The number of anilines is 3. The number of piperidine rings is 3. The molecular formula is C46H55ClFN9O7. The summed E-state index contributed by atoms with van der Waals surface area (Å²) in [5.41, 5.74) is 2.60. The molecule has 4 aliphatic heterocycles. The van der Waals surface area contributed by atoms with E-state index in [2.05, 4.69) is 31.2 Å². The second-order valence-electron chi connectivity index (χ2n) is 17.3. The van der Waals surface area contributed by atoms with E-state index in [0.717, 1.165) is 68.5 Å². The molecule has 4 aromatic rings. The fourth-order valence-electron chi connectivity index (χ4n) is 9.01. The molecule has 6 heterocycles. The minimum Gasteiger partial charge on any atom is -0.478 e. The number of likely N-dealkylation sites (N-methyl/N-ethyl adjacent to an activating group) is 1. The predicted molar refractivity (Wildman–Crippen MR) is 240 cm³/mol. The molecule has 4 N–H and O–H groups in total.